The van der Waals surface area contributed by atoms with E-state index >= 15 is 0 Å². The van der Waals surface area contributed by atoms with E-state index in [0.717, 1.165) is 23.9 Å². The Hall–Kier alpha value is -0.0400. The normalized spacial score (nSPS) is 44.7. The minimum absolute atomic E-state index is 0.514. The van der Waals surface area contributed by atoms with Crippen LogP contribution in [0.15, 0.2) is 0 Å². The topological polar surface area (TPSA) is 12.0 Å². The van der Waals surface area contributed by atoms with Crippen LogP contribution in [-0.2, 0) is 0 Å². The Balaban J connectivity index is 1.71. The maximum atomic E-state index is 4.08. The number of fused-ring (bicyclic) bond motifs is 2. The zero-order valence-corrected chi connectivity index (χ0v) is 12.8. The highest BCUT2D eigenvalue weighted by molar-refractivity contribution is 5.12. The molecule has 0 saturated heterocycles. The molecule has 18 heavy (non-hydrogen) atoms. The SMILES string of the molecule is C[C@H](NC1C(C)(C)[C@H]2CC[C@]1(C)C2)C1CCCC1. The highest BCUT2D eigenvalue weighted by atomic mass is 15.0. The standard InChI is InChI=1S/C17H31N/c1-12(13-7-5-6-8-13)18-15-16(2,3)14-9-10-17(15,4)11-14/h12-15,18H,5-11H2,1-4H3/t12-,14-,15?,17+/m0/s1. The third-order valence-corrected chi connectivity index (χ3v) is 6.81. The lowest BCUT2D eigenvalue weighted by molar-refractivity contribution is 0.0922. The number of hydrogen-bond acceptors (Lipinski definition) is 1. The smallest absolute Gasteiger partial charge is 0.0177 e. The number of nitrogens with one attached hydrogen (secondary N) is 1. The maximum absolute atomic E-state index is 4.08. The average Bonchev–Trinajstić information content (AvgIpc) is 2.96. The second-order valence-electron chi connectivity index (χ2n) is 8.35. The Labute approximate surface area is 113 Å². The van der Waals surface area contributed by atoms with E-state index in [0.29, 0.717) is 10.8 Å². The Morgan fingerprint density at radius 3 is 2.28 bits per heavy atom. The van der Waals surface area contributed by atoms with Crippen LogP contribution in [0.5, 0.6) is 0 Å². The molecule has 0 radical (unpaired) electrons. The molecule has 4 atom stereocenters. The van der Waals surface area contributed by atoms with Gasteiger partial charge < -0.3 is 5.32 Å². The van der Waals surface area contributed by atoms with Crippen LogP contribution in [0.3, 0.4) is 0 Å². The Morgan fingerprint density at radius 2 is 1.72 bits per heavy atom. The van der Waals surface area contributed by atoms with E-state index in [-0.39, 0.29) is 0 Å². The summed E-state index contributed by atoms with van der Waals surface area (Å²) in [6.07, 6.45) is 10.2. The van der Waals surface area contributed by atoms with Gasteiger partial charge in [0.2, 0.25) is 0 Å². The molecule has 3 saturated carbocycles. The Kier molecular flexibility index (Phi) is 3.05. The number of hydrogen-bond donors (Lipinski definition) is 1. The molecule has 0 aliphatic heterocycles. The van der Waals surface area contributed by atoms with Crippen LogP contribution in [0.1, 0.15) is 72.6 Å². The summed E-state index contributed by atoms with van der Waals surface area (Å²) in [6, 6.07) is 1.48. The summed E-state index contributed by atoms with van der Waals surface area (Å²) < 4.78 is 0. The molecule has 3 rings (SSSR count). The van der Waals surface area contributed by atoms with Crippen LogP contribution >= 0.6 is 0 Å². The second kappa shape index (κ2) is 4.23. The molecular formula is C17H31N. The molecule has 1 unspecified atom stereocenters. The quantitative estimate of drug-likeness (QED) is 0.783. The van der Waals surface area contributed by atoms with Crippen molar-refractivity contribution in [2.75, 3.05) is 0 Å². The molecule has 1 heteroatoms. The van der Waals surface area contributed by atoms with E-state index in [1.54, 1.807) is 0 Å². The van der Waals surface area contributed by atoms with Crippen LogP contribution in [0.2, 0.25) is 0 Å². The van der Waals surface area contributed by atoms with Gasteiger partial charge in [-0.1, -0.05) is 33.6 Å². The van der Waals surface area contributed by atoms with Gasteiger partial charge in [0.05, 0.1) is 0 Å². The fourth-order valence-corrected chi connectivity index (χ4v) is 5.57. The van der Waals surface area contributed by atoms with Gasteiger partial charge in [-0.2, -0.15) is 0 Å². The Bertz CT molecular complexity index is 311. The molecule has 0 amide bonds. The van der Waals surface area contributed by atoms with Crippen LogP contribution in [0.4, 0.5) is 0 Å². The van der Waals surface area contributed by atoms with Crippen LogP contribution in [0.25, 0.3) is 0 Å². The third-order valence-electron chi connectivity index (χ3n) is 6.81. The van der Waals surface area contributed by atoms with Crippen molar-refractivity contribution in [1.29, 1.82) is 0 Å². The zero-order valence-electron chi connectivity index (χ0n) is 12.8. The summed E-state index contributed by atoms with van der Waals surface area (Å²) in [6.45, 7) is 10.0. The van der Waals surface area contributed by atoms with Crippen molar-refractivity contribution in [2.45, 2.75) is 84.7 Å². The lowest BCUT2D eigenvalue weighted by Crippen LogP contribution is -2.54. The Morgan fingerprint density at radius 1 is 1.06 bits per heavy atom. The average molecular weight is 249 g/mol. The molecule has 0 aromatic carbocycles. The molecular weight excluding hydrogens is 218 g/mol. The predicted molar refractivity (Wildman–Crippen MR) is 77.6 cm³/mol. The molecule has 0 aromatic rings. The molecule has 104 valence electrons. The fraction of sp³-hybridized carbons (Fsp3) is 1.00. The van der Waals surface area contributed by atoms with E-state index in [9.17, 15) is 0 Å². The van der Waals surface area contributed by atoms with Crippen molar-refractivity contribution in [3.8, 4) is 0 Å². The molecule has 0 aromatic heterocycles. The van der Waals surface area contributed by atoms with Gasteiger partial charge in [-0.25, -0.2) is 0 Å². The van der Waals surface area contributed by atoms with Crippen molar-refractivity contribution >= 4 is 0 Å². The lowest BCUT2D eigenvalue weighted by atomic mass is 9.68. The minimum Gasteiger partial charge on any atom is -0.310 e. The first-order chi connectivity index (χ1) is 8.43. The second-order valence-corrected chi connectivity index (χ2v) is 8.35. The van der Waals surface area contributed by atoms with E-state index in [4.69, 9.17) is 0 Å². The van der Waals surface area contributed by atoms with Gasteiger partial charge >= 0.3 is 0 Å². The summed E-state index contributed by atoms with van der Waals surface area (Å²) in [5.74, 6) is 1.92. The maximum Gasteiger partial charge on any atom is 0.0177 e. The van der Waals surface area contributed by atoms with E-state index in [1.165, 1.54) is 44.9 Å². The van der Waals surface area contributed by atoms with Crippen molar-refractivity contribution < 1.29 is 0 Å². The van der Waals surface area contributed by atoms with Gasteiger partial charge in [-0.05, 0) is 61.7 Å². The first-order valence-electron chi connectivity index (χ1n) is 8.19. The first kappa shape index (κ1) is 13.0. The van der Waals surface area contributed by atoms with Crippen LogP contribution in [-0.4, -0.2) is 12.1 Å². The van der Waals surface area contributed by atoms with E-state index in [1.807, 2.05) is 0 Å². The molecule has 1 N–H and O–H groups in total. The molecule has 0 spiro atoms. The summed E-state index contributed by atoms with van der Waals surface area (Å²) in [7, 11) is 0. The molecule has 2 bridgehead atoms. The molecule has 0 heterocycles. The monoisotopic (exact) mass is 249 g/mol. The molecule has 3 aliphatic carbocycles. The largest absolute Gasteiger partial charge is 0.310 e. The van der Waals surface area contributed by atoms with E-state index in [2.05, 4.69) is 33.0 Å². The summed E-state index contributed by atoms with van der Waals surface area (Å²) in [5.41, 5.74) is 1.10. The molecule has 1 nitrogen and oxygen atoms in total. The van der Waals surface area contributed by atoms with E-state index < -0.39 is 0 Å². The third kappa shape index (κ3) is 1.85. The lowest BCUT2D eigenvalue weighted by Gasteiger charge is -2.45. The van der Waals surface area contributed by atoms with Crippen molar-refractivity contribution in [3.05, 3.63) is 0 Å². The molecule has 3 fully saturated rings. The zero-order chi connectivity index (χ0) is 13.0. The highest BCUT2D eigenvalue weighted by Gasteiger charge is 2.59. The van der Waals surface area contributed by atoms with Gasteiger partial charge in [0.25, 0.3) is 0 Å². The van der Waals surface area contributed by atoms with Gasteiger partial charge in [-0.15, -0.1) is 0 Å². The minimum atomic E-state index is 0.514. The van der Waals surface area contributed by atoms with Gasteiger partial charge in [0.15, 0.2) is 0 Å². The fourth-order valence-electron chi connectivity index (χ4n) is 5.57. The van der Waals surface area contributed by atoms with Crippen molar-refractivity contribution in [2.24, 2.45) is 22.7 Å². The summed E-state index contributed by atoms with van der Waals surface area (Å²) in [4.78, 5) is 0. The van der Waals surface area contributed by atoms with Crippen molar-refractivity contribution in [3.63, 3.8) is 0 Å². The van der Waals surface area contributed by atoms with Crippen molar-refractivity contribution in [1.82, 2.24) is 5.32 Å². The van der Waals surface area contributed by atoms with Gasteiger partial charge in [0.1, 0.15) is 0 Å². The predicted octanol–water partition coefficient (Wildman–Crippen LogP) is 4.37. The van der Waals surface area contributed by atoms with Gasteiger partial charge in [0, 0.05) is 12.1 Å². The first-order valence-corrected chi connectivity index (χ1v) is 8.19. The van der Waals surface area contributed by atoms with Gasteiger partial charge in [-0.3, -0.25) is 0 Å². The van der Waals surface area contributed by atoms with Crippen LogP contribution in [0, 0.1) is 22.7 Å². The highest BCUT2D eigenvalue weighted by Crippen LogP contribution is 2.62. The summed E-state index contributed by atoms with van der Waals surface area (Å²) in [5, 5.41) is 4.08. The molecule has 3 aliphatic rings. The number of rotatable bonds is 3. The summed E-state index contributed by atoms with van der Waals surface area (Å²) >= 11 is 0. The van der Waals surface area contributed by atoms with Crippen LogP contribution < -0.4 is 5.32 Å².